The molecule has 0 aromatic rings. The molecule has 18 heavy (non-hydrogen) atoms. The zero-order valence-corrected chi connectivity index (χ0v) is 11.6. The van der Waals surface area contributed by atoms with E-state index in [4.69, 9.17) is 18.0 Å². The third-order valence-corrected chi connectivity index (χ3v) is 4.47. The number of thiocarbonyl (C=S) groups is 1. The van der Waals surface area contributed by atoms with Crippen LogP contribution in [0.1, 0.15) is 51.9 Å². The number of rotatable bonds is 4. The molecule has 2 rings (SSSR count). The van der Waals surface area contributed by atoms with E-state index in [1.807, 2.05) is 6.92 Å². The van der Waals surface area contributed by atoms with Crippen molar-refractivity contribution in [2.45, 2.75) is 57.9 Å². The summed E-state index contributed by atoms with van der Waals surface area (Å²) < 4.78 is 0. The van der Waals surface area contributed by atoms with Gasteiger partial charge in [-0.05, 0) is 19.3 Å². The van der Waals surface area contributed by atoms with Crippen LogP contribution in [0.5, 0.6) is 0 Å². The molecule has 100 valence electrons. The third-order valence-electron chi connectivity index (χ3n) is 4.19. The summed E-state index contributed by atoms with van der Waals surface area (Å²) >= 11 is 5.02. The maximum absolute atomic E-state index is 12.6. The van der Waals surface area contributed by atoms with Crippen molar-refractivity contribution >= 4 is 29.0 Å². The Hall–Kier alpha value is -0.970. The second-order valence-electron chi connectivity index (χ2n) is 5.44. The average molecular weight is 268 g/mol. The highest BCUT2D eigenvalue weighted by molar-refractivity contribution is 7.80. The molecule has 2 fully saturated rings. The van der Waals surface area contributed by atoms with Crippen LogP contribution in [-0.4, -0.2) is 27.7 Å². The molecule has 0 aromatic heterocycles. The standard InChI is InChI=1S/C13H20N2O2S/c1-2-5-9(11(14)18)15-10(16)8-13(12(15)17)6-3-4-7-13/h9H,2-8H2,1H3,(H2,14,18). The fraction of sp³-hybridized carbons (Fsp3) is 0.769. The van der Waals surface area contributed by atoms with E-state index in [0.29, 0.717) is 12.8 Å². The first kappa shape index (κ1) is 13.5. The van der Waals surface area contributed by atoms with Crippen molar-refractivity contribution in [2.75, 3.05) is 0 Å². The monoisotopic (exact) mass is 268 g/mol. The number of hydrogen-bond acceptors (Lipinski definition) is 3. The van der Waals surface area contributed by atoms with E-state index < -0.39 is 5.41 Å². The lowest BCUT2D eigenvalue weighted by molar-refractivity contribution is -0.142. The Labute approximate surface area is 113 Å². The van der Waals surface area contributed by atoms with Crippen molar-refractivity contribution < 1.29 is 9.59 Å². The van der Waals surface area contributed by atoms with E-state index in [1.165, 1.54) is 4.90 Å². The van der Waals surface area contributed by atoms with Gasteiger partial charge in [0.2, 0.25) is 11.8 Å². The largest absolute Gasteiger partial charge is 0.392 e. The van der Waals surface area contributed by atoms with Gasteiger partial charge in [0, 0.05) is 6.42 Å². The molecular weight excluding hydrogens is 248 g/mol. The summed E-state index contributed by atoms with van der Waals surface area (Å²) in [6, 6.07) is -0.384. The number of amides is 2. The second-order valence-corrected chi connectivity index (χ2v) is 5.91. The highest BCUT2D eigenvalue weighted by Crippen LogP contribution is 2.47. The second kappa shape index (κ2) is 4.96. The fourth-order valence-corrected chi connectivity index (χ4v) is 3.47. The maximum Gasteiger partial charge on any atom is 0.236 e. The van der Waals surface area contributed by atoms with Crippen LogP contribution in [0.4, 0.5) is 0 Å². The minimum Gasteiger partial charge on any atom is -0.392 e. The van der Waals surface area contributed by atoms with Crippen molar-refractivity contribution in [3.05, 3.63) is 0 Å². The van der Waals surface area contributed by atoms with Crippen LogP contribution in [0.25, 0.3) is 0 Å². The summed E-state index contributed by atoms with van der Waals surface area (Å²) in [5, 5.41) is 0. The van der Waals surface area contributed by atoms with Crippen LogP contribution in [0.3, 0.4) is 0 Å². The number of nitrogens with zero attached hydrogens (tertiary/aromatic N) is 1. The molecule has 0 aromatic carbocycles. The van der Waals surface area contributed by atoms with Crippen molar-refractivity contribution in [3.63, 3.8) is 0 Å². The molecular formula is C13H20N2O2S. The Balaban J connectivity index is 2.25. The zero-order valence-electron chi connectivity index (χ0n) is 10.8. The quantitative estimate of drug-likeness (QED) is 0.623. The number of carbonyl (C=O) groups is 2. The van der Waals surface area contributed by atoms with Crippen LogP contribution < -0.4 is 5.73 Å². The molecule has 1 aliphatic heterocycles. The van der Waals surface area contributed by atoms with E-state index in [1.54, 1.807) is 0 Å². The van der Waals surface area contributed by atoms with Gasteiger partial charge in [-0.1, -0.05) is 38.4 Å². The van der Waals surface area contributed by atoms with Gasteiger partial charge in [-0.3, -0.25) is 14.5 Å². The first-order valence-electron chi connectivity index (χ1n) is 6.67. The molecule has 2 N–H and O–H groups in total. The first-order valence-corrected chi connectivity index (χ1v) is 7.08. The number of hydrogen-bond donors (Lipinski definition) is 1. The van der Waals surface area contributed by atoms with Crippen molar-refractivity contribution in [2.24, 2.45) is 11.1 Å². The molecule has 1 saturated heterocycles. The van der Waals surface area contributed by atoms with Gasteiger partial charge in [-0.25, -0.2) is 0 Å². The lowest BCUT2D eigenvalue weighted by Gasteiger charge is -2.27. The summed E-state index contributed by atoms with van der Waals surface area (Å²) in [6.45, 7) is 2.00. The molecule has 2 amide bonds. The minimum atomic E-state index is -0.423. The lowest BCUT2D eigenvalue weighted by atomic mass is 9.84. The summed E-state index contributed by atoms with van der Waals surface area (Å²) in [7, 11) is 0. The fourth-order valence-electron chi connectivity index (χ4n) is 3.25. The Bertz CT molecular complexity index is 388. The molecule has 0 bridgehead atoms. The van der Waals surface area contributed by atoms with Gasteiger partial charge in [0.25, 0.3) is 0 Å². The summed E-state index contributed by atoms with van der Waals surface area (Å²) in [5.41, 5.74) is 5.28. The van der Waals surface area contributed by atoms with Crippen molar-refractivity contribution in [1.82, 2.24) is 4.90 Å². The van der Waals surface area contributed by atoms with Gasteiger partial charge < -0.3 is 5.73 Å². The summed E-state index contributed by atoms with van der Waals surface area (Å²) in [4.78, 5) is 26.3. The first-order chi connectivity index (χ1) is 8.52. The van der Waals surface area contributed by atoms with E-state index in [2.05, 4.69) is 0 Å². The van der Waals surface area contributed by atoms with Gasteiger partial charge in [0.15, 0.2) is 0 Å². The van der Waals surface area contributed by atoms with Gasteiger partial charge in [-0.2, -0.15) is 0 Å². The van der Waals surface area contributed by atoms with Crippen molar-refractivity contribution in [3.8, 4) is 0 Å². The third kappa shape index (κ3) is 2.05. The van der Waals surface area contributed by atoms with E-state index in [0.717, 1.165) is 32.1 Å². The smallest absolute Gasteiger partial charge is 0.236 e. The molecule has 5 heteroatoms. The Kier molecular flexibility index (Phi) is 3.71. The summed E-state index contributed by atoms with van der Waals surface area (Å²) in [6.07, 6.45) is 5.63. The normalized spacial score (nSPS) is 23.9. The van der Waals surface area contributed by atoms with E-state index in [-0.39, 0.29) is 22.8 Å². The minimum absolute atomic E-state index is 0.0312. The van der Waals surface area contributed by atoms with Gasteiger partial charge in [0.1, 0.15) is 0 Å². The van der Waals surface area contributed by atoms with Crippen LogP contribution >= 0.6 is 12.2 Å². The van der Waals surface area contributed by atoms with Crippen molar-refractivity contribution in [1.29, 1.82) is 0 Å². The van der Waals surface area contributed by atoms with Crippen LogP contribution in [0, 0.1) is 5.41 Å². The Morgan fingerprint density at radius 1 is 1.44 bits per heavy atom. The lowest BCUT2D eigenvalue weighted by Crippen LogP contribution is -2.48. The molecule has 1 unspecified atom stereocenters. The maximum atomic E-state index is 12.6. The number of imide groups is 1. The zero-order chi connectivity index (χ0) is 13.3. The van der Waals surface area contributed by atoms with Crippen LogP contribution in [0.2, 0.25) is 0 Å². The molecule has 1 aliphatic carbocycles. The van der Waals surface area contributed by atoms with E-state index >= 15 is 0 Å². The van der Waals surface area contributed by atoms with Crippen LogP contribution in [-0.2, 0) is 9.59 Å². The predicted octanol–water partition coefficient (Wildman–Crippen LogP) is 1.76. The van der Waals surface area contributed by atoms with Crippen LogP contribution in [0.15, 0.2) is 0 Å². The highest BCUT2D eigenvalue weighted by atomic mass is 32.1. The summed E-state index contributed by atoms with van der Waals surface area (Å²) in [5.74, 6) is -0.121. The van der Waals surface area contributed by atoms with Gasteiger partial charge in [-0.15, -0.1) is 0 Å². The molecule has 4 nitrogen and oxygen atoms in total. The molecule has 1 saturated carbocycles. The molecule has 2 aliphatic rings. The number of nitrogens with two attached hydrogens (primary N) is 1. The molecule has 1 heterocycles. The Morgan fingerprint density at radius 2 is 2.06 bits per heavy atom. The number of carbonyl (C=O) groups excluding carboxylic acids is 2. The molecule has 0 radical (unpaired) electrons. The number of likely N-dealkylation sites (tertiary alicyclic amines) is 1. The average Bonchev–Trinajstić information content (AvgIpc) is 2.85. The molecule has 1 spiro atoms. The predicted molar refractivity (Wildman–Crippen MR) is 72.9 cm³/mol. The van der Waals surface area contributed by atoms with E-state index in [9.17, 15) is 9.59 Å². The van der Waals surface area contributed by atoms with Gasteiger partial charge in [0.05, 0.1) is 16.4 Å². The highest BCUT2D eigenvalue weighted by Gasteiger charge is 2.54. The SMILES string of the molecule is CCCC(C(N)=S)N1C(=O)CC2(CCCC2)C1=O. The molecule has 1 atom stereocenters. The Morgan fingerprint density at radius 3 is 2.56 bits per heavy atom. The van der Waals surface area contributed by atoms with Gasteiger partial charge >= 0.3 is 0 Å². The topological polar surface area (TPSA) is 63.4 Å².